The van der Waals surface area contributed by atoms with E-state index < -0.39 is 5.97 Å². The Kier molecular flexibility index (Phi) is 5.06. The van der Waals surface area contributed by atoms with Gasteiger partial charge in [0.25, 0.3) is 5.56 Å². The van der Waals surface area contributed by atoms with Crippen molar-refractivity contribution in [3.05, 3.63) is 100 Å². The van der Waals surface area contributed by atoms with Crippen molar-refractivity contribution in [1.29, 1.82) is 5.26 Å². The molecule has 3 aromatic carbocycles. The van der Waals surface area contributed by atoms with Crippen LogP contribution in [0.4, 0.5) is 0 Å². The second-order valence-electron chi connectivity index (χ2n) is 8.65. The van der Waals surface area contributed by atoms with Gasteiger partial charge in [0, 0.05) is 28.0 Å². The molecular weight excluding hydrogens is 466 g/mol. The largest absolute Gasteiger partial charge is 0.465 e. The number of aromatic amines is 1. The minimum atomic E-state index is -0.447. The number of ether oxygens (including phenoxy) is 1. The van der Waals surface area contributed by atoms with E-state index in [2.05, 4.69) is 21.0 Å². The van der Waals surface area contributed by atoms with Gasteiger partial charge in [-0.1, -0.05) is 30.3 Å². The van der Waals surface area contributed by atoms with Gasteiger partial charge in [0.15, 0.2) is 0 Å². The SMILES string of the molecule is COC(=O)c1ccc2c(c1)[nH]c1c(C#N)cnc(-c3cccc(-n4cnc5ccccc5c4=O)c3C)c12. The number of para-hydroxylation sites is 1. The number of carbonyl (C=O) groups excluding carboxylic acids is 1. The summed E-state index contributed by atoms with van der Waals surface area (Å²) in [5.41, 5.74) is 5.57. The standard InChI is InChI=1S/C29H19N5O3/c1-16-19(7-5-9-24(16)34-15-32-22-8-4-3-6-21(22)28(34)35)27-25-20-11-10-17(29(36)37-2)12-23(20)33-26(25)18(13-30)14-31-27/h3-12,14-15,33H,1-2H3. The summed E-state index contributed by atoms with van der Waals surface area (Å²) < 4.78 is 6.40. The summed E-state index contributed by atoms with van der Waals surface area (Å²) in [5, 5.41) is 11.8. The van der Waals surface area contributed by atoms with Crippen molar-refractivity contribution < 1.29 is 9.53 Å². The van der Waals surface area contributed by atoms with Crippen molar-refractivity contribution in [3.8, 4) is 23.0 Å². The molecule has 0 fully saturated rings. The van der Waals surface area contributed by atoms with Crippen LogP contribution >= 0.6 is 0 Å². The number of nitriles is 1. The molecule has 3 aromatic heterocycles. The van der Waals surface area contributed by atoms with E-state index in [-0.39, 0.29) is 5.56 Å². The molecular formula is C29H19N5O3. The van der Waals surface area contributed by atoms with Crippen LogP contribution < -0.4 is 5.56 Å². The molecule has 0 unspecified atom stereocenters. The third-order valence-corrected chi connectivity index (χ3v) is 6.65. The first-order valence-electron chi connectivity index (χ1n) is 11.5. The molecule has 0 saturated carbocycles. The lowest BCUT2D eigenvalue weighted by Crippen LogP contribution is -2.19. The molecule has 0 aliphatic carbocycles. The quantitative estimate of drug-likeness (QED) is 0.351. The summed E-state index contributed by atoms with van der Waals surface area (Å²) >= 11 is 0. The van der Waals surface area contributed by atoms with Crippen LogP contribution in [0.2, 0.25) is 0 Å². The van der Waals surface area contributed by atoms with Crippen LogP contribution in [-0.4, -0.2) is 32.6 Å². The number of rotatable bonds is 3. The molecule has 1 N–H and O–H groups in total. The maximum absolute atomic E-state index is 13.3. The average molecular weight is 486 g/mol. The molecule has 0 bridgehead atoms. The van der Waals surface area contributed by atoms with E-state index in [1.54, 1.807) is 29.1 Å². The second-order valence-corrected chi connectivity index (χ2v) is 8.65. The van der Waals surface area contributed by atoms with E-state index in [1.165, 1.54) is 13.3 Å². The predicted molar refractivity (Wildman–Crippen MR) is 141 cm³/mol. The van der Waals surface area contributed by atoms with Gasteiger partial charge in [0.1, 0.15) is 12.4 Å². The average Bonchev–Trinajstić information content (AvgIpc) is 3.32. The topological polar surface area (TPSA) is 114 Å². The number of pyridine rings is 1. The number of methoxy groups -OCH3 is 1. The summed E-state index contributed by atoms with van der Waals surface area (Å²) in [6.45, 7) is 1.93. The maximum atomic E-state index is 13.3. The zero-order valence-corrected chi connectivity index (χ0v) is 19.9. The van der Waals surface area contributed by atoms with Gasteiger partial charge in [-0.15, -0.1) is 0 Å². The molecule has 178 valence electrons. The van der Waals surface area contributed by atoms with Gasteiger partial charge in [-0.3, -0.25) is 14.3 Å². The van der Waals surface area contributed by atoms with Crippen molar-refractivity contribution in [3.63, 3.8) is 0 Å². The molecule has 6 aromatic rings. The Morgan fingerprint density at radius 2 is 1.89 bits per heavy atom. The summed E-state index contributed by atoms with van der Waals surface area (Å²) in [6.07, 6.45) is 3.07. The predicted octanol–water partition coefficient (Wildman–Crippen LogP) is 5.05. The number of carbonyl (C=O) groups is 1. The molecule has 0 amide bonds. The Labute approximate surface area is 210 Å². The van der Waals surface area contributed by atoms with Gasteiger partial charge < -0.3 is 9.72 Å². The highest BCUT2D eigenvalue weighted by atomic mass is 16.5. The highest BCUT2D eigenvalue weighted by molar-refractivity contribution is 6.15. The lowest BCUT2D eigenvalue weighted by molar-refractivity contribution is 0.0601. The summed E-state index contributed by atoms with van der Waals surface area (Å²) in [7, 11) is 1.33. The molecule has 37 heavy (non-hydrogen) atoms. The molecule has 3 heterocycles. The smallest absolute Gasteiger partial charge is 0.337 e. The molecule has 6 rings (SSSR count). The maximum Gasteiger partial charge on any atom is 0.337 e. The Morgan fingerprint density at radius 1 is 1.05 bits per heavy atom. The minimum Gasteiger partial charge on any atom is -0.465 e. The Morgan fingerprint density at radius 3 is 2.70 bits per heavy atom. The van der Waals surface area contributed by atoms with Crippen molar-refractivity contribution >= 4 is 38.7 Å². The molecule has 0 spiro atoms. The summed E-state index contributed by atoms with van der Waals surface area (Å²) in [4.78, 5) is 37.8. The first-order valence-corrected chi connectivity index (χ1v) is 11.5. The highest BCUT2D eigenvalue weighted by Gasteiger charge is 2.19. The van der Waals surface area contributed by atoms with Gasteiger partial charge in [0.05, 0.1) is 46.0 Å². The van der Waals surface area contributed by atoms with Crippen molar-refractivity contribution in [1.82, 2.24) is 19.5 Å². The van der Waals surface area contributed by atoms with Gasteiger partial charge in [-0.25, -0.2) is 9.78 Å². The van der Waals surface area contributed by atoms with Crippen LogP contribution in [0.3, 0.4) is 0 Å². The highest BCUT2D eigenvalue weighted by Crippen LogP contribution is 2.37. The number of nitrogens with zero attached hydrogens (tertiary/aromatic N) is 4. The van der Waals surface area contributed by atoms with E-state index in [0.717, 1.165) is 21.9 Å². The fourth-order valence-corrected chi connectivity index (χ4v) is 4.82. The summed E-state index contributed by atoms with van der Waals surface area (Å²) in [6, 6.07) is 20.3. The molecule has 8 heteroatoms. The fourth-order valence-electron chi connectivity index (χ4n) is 4.82. The lowest BCUT2D eigenvalue weighted by atomic mass is 9.98. The van der Waals surface area contributed by atoms with Crippen LogP contribution in [0, 0.1) is 18.3 Å². The molecule has 0 aliphatic heterocycles. The van der Waals surface area contributed by atoms with Crippen molar-refractivity contribution in [2.45, 2.75) is 6.92 Å². The zero-order valence-electron chi connectivity index (χ0n) is 19.9. The number of fused-ring (bicyclic) bond motifs is 4. The Bertz CT molecular complexity index is 2000. The van der Waals surface area contributed by atoms with Gasteiger partial charge in [-0.05, 0) is 42.8 Å². The number of benzene rings is 3. The third kappa shape index (κ3) is 3.37. The van der Waals surface area contributed by atoms with E-state index in [0.29, 0.717) is 44.4 Å². The fraction of sp³-hybridized carbons (Fsp3) is 0.0690. The monoisotopic (exact) mass is 485 g/mol. The van der Waals surface area contributed by atoms with Crippen LogP contribution in [0.1, 0.15) is 21.5 Å². The second kappa shape index (κ2) is 8.43. The lowest BCUT2D eigenvalue weighted by Gasteiger charge is -2.14. The molecule has 0 radical (unpaired) electrons. The Hall–Kier alpha value is -5.29. The first-order chi connectivity index (χ1) is 18.0. The number of hydrogen-bond acceptors (Lipinski definition) is 6. The van der Waals surface area contributed by atoms with Gasteiger partial charge >= 0.3 is 5.97 Å². The molecule has 0 aliphatic rings. The molecule has 0 atom stereocenters. The third-order valence-electron chi connectivity index (χ3n) is 6.65. The number of esters is 1. The number of hydrogen-bond donors (Lipinski definition) is 1. The van der Waals surface area contributed by atoms with E-state index in [1.807, 2.05) is 49.4 Å². The van der Waals surface area contributed by atoms with Gasteiger partial charge in [-0.2, -0.15) is 5.26 Å². The number of nitrogens with one attached hydrogen (secondary N) is 1. The number of H-pyrrole nitrogens is 1. The molecule has 8 nitrogen and oxygen atoms in total. The minimum absolute atomic E-state index is 0.161. The van der Waals surface area contributed by atoms with Crippen LogP contribution in [0.5, 0.6) is 0 Å². The van der Waals surface area contributed by atoms with Crippen LogP contribution in [0.25, 0.3) is 49.7 Å². The van der Waals surface area contributed by atoms with E-state index >= 15 is 0 Å². The van der Waals surface area contributed by atoms with Crippen molar-refractivity contribution in [2.24, 2.45) is 0 Å². The van der Waals surface area contributed by atoms with Crippen molar-refractivity contribution in [2.75, 3.05) is 7.11 Å². The zero-order chi connectivity index (χ0) is 25.7. The van der Waals surface area contributed by atoms with E-state index in [4.69, 9.17) is 4.74 Å². The summed E-state index contributed by atoms with van der Waals surface area (Å²) in [5.74, 6) is -0.447. The number of aromatic nitrogens is 4. The van der Waals surface area contributed by atoms with E-state index in [9.17, 15) is 14.9 Å². The van der Waals surface area contributed by atoms with Crippen LogP contribution in [-0.2, 0) is 4.74 Å². The van der Waals surface area contributed by atoms with Crippen LogP contribution in [0.15, 0.2) is 78.0 Å². The normalized spacial score (nSPS) is 11.2. The Balaban J connectivity index is 1.62. The molecule has 0 saturated heterocycles. The first kappa shape index (κ1) is 22.2. The van der Waals surface area contributed by atoms with Gasteiger partial charge in [0.2, 0.25) is 0 Å².